The molecule has 1 fully saturated rings. The van der Waals surface area contributed by atoms with Gasteiger partial charge in [0.1, 0.15) is 10.7 Å². The first kappa shape index (κ1) is 15.8. The number of hydrogen-bond donors (Lipinski definition) is 0. The molecule has 3 nitrogen and oxygen atoms in total. The summed E-state index contributed by atoms with van der Waals surface area (Å²) in [4.78, 5) is 5.65. The van der Waals surface area contributed by atoms with Crippen LogP contribution >= 0.6 is 12.2 Å². The molecule has 2 aromatic carbocycles. The SMILES string of the molecule is COc1ccc(C(=S)N2CCN(c3cccc(C)c3)CC2)cc1. The lowest BCUT2D eigenvalue weighted by Crippen LogP contribution is -2.48. The third kappa shape index (κ3) is 3.64. The Hall–Kier alpha value is -2.07. The summed E-state index contributed by atoms with van der Waals surface area (Å²) in [6.07, 6.45) is 0. The molecular weight excluding hydrogens is 304 g/mol. The number of thiocarbonyl (C=S) groups is 1. The molecule has 1 aliphatic rings. The Bertz CT molecular complexity index is 676. The van der Waals surface area contributed by atoms with Gasteiger partial charge in [0.2, 0.25) is 0 Å². The highest BCUT2D eigenvalue weighted by atomic mass is 32.1. The van der Waals surface area contributed by atoms with E-state index in [2.05, 4.69) is 41.0 Å². The van der Waals surface area contributed by atoms with Gasteiger partial charge in [-0.05, 0) is 48.9 Å². The van der Waals surface area contributed by atoms with Crippen LogP contribution in [0.15, 0.2) is 48.5 Å². The molecule has 4 heteroatoms. The summed E-state index contributed by atoms with van der Waals surface area (Å²) in [5.74, 6) is 0.862. The van der Waals surface area contributed by atoms with E-state index in [1.54, 1.807) is 7.11 Å². The zero-order chi connectivity index (χ0) is 16.2. The molecule has 0 atom stereocenters. The lowest BCUT2D eigenvalue weighted by molar-refractivity contribution is 0.392. The summed E-state index contributed by atoms with van der Waals surface area (Å²) < 4.78 is 5.20. The van der Waals surface area contributed by atoms with Gasteiger partial charge in [0.15, 0.2) is 0 Å². The number of hydrogen-bond acceptors (Lipinski definition) is 3. The number of ether oxygens (including phenoxy) is 1. The summed E-state index contributed by atoms with van der Waals surface area (Å²) in [6.45, 7) is 6.05. The van der Waals surface area contributed by atoms with Gasteiger partial charge in [-0.2, -0.15) is 0 Å². The van der Waals surface area contributed by atoms with E-state index in [4.69, 9.17) is 17.0 Å². The number of piperazine rings is 1. The van der Waals surface area contributed by atoms with Crippen LogP contribution in [0, 0.1) is 6.92 Å². The highest BCUT2D eigenvalue weighted by molar-refractivity contribution is 7.80. The first-order valence-electron chi connectivity index (χ1n) is 7.92. The van der Waals surface area contributed by atoms with Gasteiger partial charge in [-0.1, -0.05) is 24.4 Å². The van der Waals surface area contributed by atoms with Crippen molar-refractivity contribution in [1.29, 1.82) is 0 Å². The Labute approximate surface area is 143 Å². The molecular formula is C19H22N2OS. The fraction of sp³-hybridized carbons (Fsp3) is 0.316. The van der Waals surface area contributed by atoms with Crippen molar-refractivity contribution in [3.05, 3.63) is 59.7 Å². The molecule has 0 N–H and O–H groups in total. The minimum absolute atomic E-state index is 0.862. The van der Waals surface area contributed by atoms with Crippen molar-refractivity contribution in [3.8, 4) is 5.75 Å². The standard InChI is InChI=1S/C19H22N2OS/c1-15-4-3-5-17(14-15)20-10-12-21(13-11-20)19(23)16-6-8-18(22-2)9-7-16/h3-9,14H,10-13H2,1-2H3. The van der Waals surface area contributed by atoms with E-state index < -0.39 is 0 Å². The second-order valence-corrected chi connectivity index (χ2v) is 6.23. The Morgan fingerprint density at radius 2 is 1.70 bits per heavy atom. The minimum atomic E-state index is 0.862. The van der Waals surface area contributed by atoms with Gasteiger partial charge >= 0.3 is 0 Å². The van der Waals surface area contributed by atoms with Gasteiger partial charge < -0.3 is 14.5 Å². The maximum Gasteiger partial charge on any atom is 0.118 e. The summed E-state index contributed by atoms with van der Waals surface area (Å²) in [7, 11) is 1.68. The molecule has 1 aliphatic heterocycles. The topological polar surface area (TPSA) is 15.7 Å². The third-order valence-electron chi connectivity index (χ3n) is 4.27. The molecule has 23 heavy (non-hydrogen) atoms. The zero-order valence-corrected chi connectivity index (χ0v) is 14.5. The van der Waals surface area contributed by atoms with Crippen molar-refractivity contribution < 1.29 is 4.74 Å². The molecule has 3 rings (SSSR count). The average molecular weight is 326 g/mol. The number of aryl methyl sites for hydroxylation is 1. The van der Waals surface area contributed by atoms with Crippen molar-refractivity contribution in [3.63, 3.8) is 0 Å². The highest BCUT2D eigenvalue weighted by Gasteiger charge is 2.20. The molecule has 0 bridgehead atoms. The lowest BCUT2D eigenvalue weighted by atomic mass is 10.1. The van der Waals surface area contributed by atoms with Crippen LogP contribution in [0.1, 0.15) is 11.1 Å². The molecule has 2 aromatic rings. The van der Waals surface area contributed by atoms with E-state index in [1.807, 2.05) is 24.3 Å². The quantitative estimate of drug-likeness (QED) is 0.802. The maximum absolute atomic E-state index is 5.66. The number of methoxy groups -OCH3 is 1. The van der Waals surface area contributed by atoms with Crippen LogP contribution in [-0.2, 0) is 0 Å². The molecule has 0 spiro atoms. The van der Waals surface area contributed by atoms with Crippen LogP contribution in [0.5, 0.6) is 5.75 Å². The van der Waals surface area contributed by atoms with Crippen molar-refractivity contribution in [2.45, 2.75) is 6.92 Å². The molecule has 0 aliphatic carbocycles. The van der Waals surface area contributed by atoms with Crippen LogP contribution < -0.4 is 9.64 Å². The van der Waals surface area contributed by atoms with Crippen LogP contribution in [-0.4, -0.2) is 43.2 Å². The molecule has 1 heterocycles. The minimum Gasteiger partial charge on any atom is -0.497 e. The van der Waals surface area contributed by atoms with Gasteiger partial charge in [-0.15, -0.1) is 0 Å². The second-order valence-electron chi connectivity index (χ2n) is 5.85. The van der Waals surface area contributed by atoms with Crippen LogP contribution in [0.3, 0.4) is 0 Å². The Balaban J connectivity index is 1.62. The molecule has 0 unspecified atom stereocenters. The van der Waals surface area contributed by atoms with E-state index in [-0.39, 0.29) is 0 Å². The van der Waals surface area contributed by atoms with E-state index in [0.717, 1.165) is 42.5 Å². The average Bonchev–Trinajstić information content (AvgIpc) is 2.61. The van der Waals surface area contributed by atoms with Gasteiger partial charge in [-0.3, -0.25) is 0 Å². The van der Waals surface area contributed by atoms with Crippen LogP contribution in [0.25, 0.3) is 0 Å². The van der Waals surface area contributed by atoms with Gasteiger partial charge in [0.05, 0.1) is 7.11 Å². The van der Waals surface area contributed by atoms with Gasteiger partial charge in [0, 0.05) is 37.4 Å². The summed E-state index contributed by atoms with van der Waals surface area (Å²) in [5, 5.41) is 0. The van der Waals surface area contributed by atoms with Gasteiger partial charge in [-0.25, -0.2) is 0 Å². The van der Waals surface area contributed by atoms with E-state index >= 15 is 0 Å². The molecule has 0 aromatic heterocycles. The summed E-state index contributed by atoms with van der Waals surface area (Å²) >= 11 is 5.66. The van der Waals surface area contributed by atoms with Gasteiger partial charge in [0.25, 0.3) is 0 Å². The lowest BCUT2D eigenvalue weighted by Gasteiger charge is -2.37. The predicted octanol–water partition coefficient (Wildman–Crippen LogP) is 3.50. The van der Waals surface area contributed by atoms with Crippen molar-refractivity contribution in [2.75, 3.05) is 38.2 Å². The van der Waals surface area contributed by atoms with Crippen LogP contribution in [0.2, 0.25) is 0 Å². The number of benzene rings is 2. The number of nitrogens with zero attached hydrogens (tertiary/aromatic N) is 2. The number of anilines is 1. The van der Waals surface area contributed by atoms with Crippen molar-refractivity contribution >= 4 is 22.9 Å². The monoisotopic (exact) mass is 326 g/mol. The van der Waals surface area contributed by atoms with Crippen LogP contribution in [0.4, 0.5) is 5.69 Å². The molecule has 0 radical (unpaired) electrons. The fourth-order valence-electron chi connectivity index (χ4n) is 2.91. The van der Waals surface area contributed by atoms with Crippen molar-refractivity contribution in [2.24, 2.45) is 0 Å². The zero-order valence-electron chi connectivity index (χ0n) is 13.7. The van der Waals surface area contributed by atoms with E-state index in [1.165, 1.54) is 11.3 Å². The fourth-order valence-corrected chi connectivity index (χ4v) is 3.23. The molecule has 0 amide bonds. The second kappa shape index (κ2) is 7.01. The highest BCUT2D eigenvalue weighted by Crippen LogP contribution is 2.19. The van der Waals surface area contributed by atoms with Crippen molar-refractivity contribution in [1.82, 2.24) is 4.90 Å². The molecule has 120 valence electrons. The first-order valence-corrected chi connectivity index (χ1v) is 8.33. The predicted molar refractivity (Wildman–Crippen MR) is 99.7 cm³/mol. The van der Waals surface area contributed by atoms with E-state index in [0.29, 0.717) is 0 Å². The molecule has 1 saturated heterocycles. The Morgan fingerprint density at radius 1 is 1.00 bits per heavy atom. The summed E-state index contributed by atoms with van der Waals surface area (Å²) in [6, 6.07) is 16.7. The maximum atomic E-state index is 5.66. The number of rotatable bonds is 3. The molecule has 0 saturated carbocycles. The largest absolute Gasteiger partial charge is 0.497 e. The summed E-state index contributed by atoms with van der Waals surface area (Å²) in [5.41, 5.74) is 3.70. The Kier molecular flexibility index (Phi) is 4.82. The van der Waals surface area contributed by atoms with E-state index in [9.17, 15) is 0 Å². The first-order chi connectivity index (χ1) is 11.2. The smallest absolute Gasteiger partial charge is 0.118 e. The normalized spacial score (nSPS) is 14.7. The Morgan fingerprint density at radius 3 is 2.30 bits per heavy atom. The third-order valence-corrected chi connectivity index (χ3v) is 4.76.